The second kappa shape index (κ2) is 6.70. The maximum Gasteiger partial charge on any atom is 0.131 e. The van der Waals surface area contributed by atoms with Gasteiger partial charge in [0, 0.05) is 5.56 Å². The lowest BCUT2D eigenvalue weighted by atomic mass is 9.96. The Hall–Kier alpha value is -1.91. The summed E-state index contributed by atoms with van der Waals surface area (Å²) in [7, 11) is 1.53. The highest BCUT2D eigenvalue weighted by Crippen LogP contribution is 2.30. The Morgan fingerprint density at radius 2 is 1.95 bits per heavy atom. The molecule has 0 aromatic heterocycles. The van der Waals surface area contributed by atoms with E-state index in [0.29, 0.717) is 17.7 Å². The van der Waals surface area contributed by atoms with Gasteiger partial charge in [-0.1, -0.05) is 24.3 Å². The number of nitrogens with one attached hydrogen (secondary N) is 1. The monoisotopic (exact) mass is 288 g/mol. The minimum atomic E-state index is -0.344. The number of hydrogen-bond acceptors (Lipinski definition) is 3. The van der Waals surface area contributed by atoms with Crippen LogP contribution in [0.2, 0.25) is 0 Å². The number of hydrogen-bond donors (Lipinski definition) is 2. The number of ether oxygens (including phenoxy) is 1. The molecule has 0 saturated heterocycles. The third kappa shape index (κ3) is 3.40. The predicted molar refractivity (Wildman–Crippen MR) is 82.6 cm³/mol. The van der Waals surface area contributed by atoms with Crippen LogP contribution in [0.4, 0.5) is 4.39 Å². The molecule has 1 unspecified atom stereocenters. The zero-order valence-corrected chi connectivity index (χ0v) is 12.6. The lowest BCUT2D eigenvalue weighted by Crippen LogP contribution is -2.30. The Balaban J connectivity index is 2.34. The van der Waals surface area contributed by atoms with Crippen molar-refractivity contribution in [2.24, 2.45) is 5.84 Å². The summed E-state index contributed by atoms with van der Waals surface area (Å²) < 4.78 is 19.4. The first-order valence-corrected chi connectivity index (χ1v) is 6.91. The number of nitrogens with two attached hydrogens (primary N) is 1. The summed E-state index contributed by atoms with van der Waals surface area (Å²) in [6.45, 7) is 4.13. The Kier molecular flexibility index (Phi) is 4.94. The highest BCUT2D eigenvalue weighted by molar-refractivity contribution is 5.39. The average Bonchev–Trinajstić information content (AvgIpc) is 2.48. The van der Waals surface area contributed by atoms with Gasteiger partial charge >= 0.3 is 0 Å². The van der Waals surface area contributed by atoms with Crippen molar-refractivity contribution in [3.63, 3.8) is 0 Å². The molecule has 0 amide bonds. The second-order valence-corrected chi connectivity index (χ2v) is 5.20. The van der Waals surface area contributed by atoms with Crippen LogP contribution in [0.5, 0.6) is 5.75 Å². The van der Waals surface area contributed by atoms with Gasteiger partial charge in [0.1, 0.15) is 11.6 Å². The summed E-state index contributed by atoms with van der Waals surface area (Å²) in [5.74, 6) is 5.82. The summed E-state index contributed by atoms with van der Waals surface area (Å²) in [4.78, 5) is 0. The highest BCUT2D eigenvalue weighted by Gasteiger charge is 2.20. The van der Waals surface area contributed by atoms with Crippen molar-refractivity contribution < 1.29 is 9.13 Å². The second-order valence-electron chi connectivity index (χ2n) is 5.20. The number of methoxy groups -OCH3 is 1. The molecule has 0 saturated carbocycles. The molecule has 2 aromatic carbocycles. The van der Waals surface area contributed by atoms with Gasteiger partial charge in [-0.2, -0.15) is 0 Å². The number of benzene rings is 2. The molecular formula is C17H21FN2O. The SMILES string of the molecule is COc1cccc(F)c1C(Cc1ccc(C)c(C)c1)NN. The lowest BCUT2D eigenvalue weighted by molar-refractivity contribution is 0.390. The third-order valence-corrected chi connectivity index (χ3v) is 3.79. The Morgan fingerprint density at radius 3 is 2.57 bits per heavy atom. The molecule has 0 heterocycles. The molecule has 3 nitrogen and oxygen atoms in total. The fourth-order valence-corrected chi connectivity index (χ4v) is 2.44. The van der Waals surface area contributed by atoms with Gasteiger partial charge in [-0.05, 0) is 49.1 Å². The lowest BCUT2D eigenvalue weighted by Gasteiger charge is -2.20. The number of aryl methyl sites for hydroxylation is 2. The van der Waals surface area contributed by atoms with Gasteiger partial charge in [0.25, 0.3) is 0 Å². The maximum absolute atomic E-state index is 14.1. The van der Waals surface area contributed by atoms with E-state index in [9.17, 15) is 4.39 Å². The summed E-state index contributed by atoms with van der Waals surface area (Å²) in [6.07, 6.45) is 0.592. The van der Waals surface area contributed by atoms with Crippen molar-refractivity contribution in [2.45, 2.75) is 26.3 Å². The van der Waals surface area contributed by atoms with Crippen LogP contribution in [0.15, 0.2) is 36.4 Å². The van der Waals surface area contributed by atoms with Crippen molar-refractivity contribution in [3.8, 4) is 5.75 Å². The fourth-order valence-electron chi connectivity index (χ4n) is 2.44. The average molecular weight is 288 g/mol. The molecule has 0 aliphatic heterocycles. The summed E-state index contributed by atoms with van der Waals surface area (Å²) in [5.41, 5.74) is 6.71. The van der Waals surface area contributed by atoms with Crippen LogP contribution in [-0.4, -0.2) is 7.11 Å². The molecule has 3 N–H and O–H groups in total. The van der Waals surface area contributed by atoms with Crippen molar-refractivity contribution in [3.05, 3.63) is 64.5 Å². The van der Waals surface area contributed by atoms with E-state index in [-0.39, 0.29) is 11.9 Å². The summed E-state index contributed by atoms with van der Waals surface area (Å²) in [6, 6.07) is 10.7. The Bertz CT molecular complexity index is 628. The van der Waals surface area contributed by atoms with Crippen molar-refractivity contribution >= 4 is 0 Å². The molecule has 0 bridgehead atoms. The molecule has 1 atom stereocenters. The molecule has 4 heteroatoms. The van der Waals surface area contributed by atoms with E-state index in [4.69, 9.17) is 10.6 Å². The normalized spacial score (nSPS) is 12.2. The van der Waals surface area contributed by atoms with Crippen molar-refractivity contribution in [1.29, 1.82) is 0 Å². The van der Waals surface area contributed by atoms with E-state index < -0.39 is 0 Å². The summed E-state index contributed by atoms with van der Waals surface area (Å²) >= 11 is 0. The van der Waals surface area contributed by atoms with Crippen LogP contribution < -0.4 is 16.0 Å². The van der Waals surface area contributed by atoms with E-state index in [1.165, 1.54) is 24.3 Å². The molecule has 0 fully saturated rings. The van der Waals surface area contributed by atoms with Crippen LogP contribution in [0.25, 0.3) is 0 Å². The summed E-state index contributed by atoms with van der Waals surface area (Å²) in [5, 5.41) is 0. The van der Waals surface area contributed by atoms with Gasteiger partial charge in [-0.3, -0.25) is 11.3 Å². The van der Waals surface area contributed by atoms with Crippen LogP contribution >= 0.6 is 0 Å². The number of hydrazine groups is 1. The Labute approximate surface area is 124 Å². The Morgan fingerprint density at radius 1 is 1.19 bits per heavy atom. The van der Waals surface area contributed by atoms with E-state index in [0.717, 1.165) is 5.56 Å². The first-order chi connectivity index (χ1) is 10.1. The minimum Gasteiger partial charge on any atom is -0.496 e. The molecule has 0 aliphatic carbocycles. The number of halogens is 1. The molecule has 2 aromatic rings. The van der Waals surface area contributed by atoms with Crippen LogP contribution in [0, 0.1) is 19.7 Å². The predicted octanol–water partition coefficient (Wildman–Crippen LogP) is 3.20. The van der Waals surface area contributed by atoms with E-state index in [1.54, 1.807) is 12.1 Å². The molecular weight excluding hydrogens is 267 g/mol. The molecule has 0 radical (unpaired) electrons. The molecule has 0 aliphatic rings. The van der Waals surface area contributed by atoms with Crippen LogP contribution in [0.1, 0.15) is 28.3 Å². The first-order valence-electron chi connectivity index (χ1n) is 6.91. The topological polar surface area (TPSA) is 47.3 Å². The zero-order chi connectivity index (χ0) is 15.4. The maximum atomic E-state index is 14.1. The standard InChI is InChI=1S/C17H21FN2O/c1-11-7-8-13(9-12(11)2)10-15(20-19)17-14(18)5-4-6-16(17)21-3/h4-9,15,20H,10,19H2,1-3H3. The zero-order valence-electron chi connectivity index (χ0n) is 12.6. The van der Waals surface area contributed by atoms with Crippen LogP contribution in [-0.2, 0) is 6.42 Å². The quantitative estimate of drug-likeness (QED) is 0.656. The first kappa shape index (κ1) is 15.5. The third-order valence-electron chi connectivity index (χ3n) is 3.79. The van der Waals surface area contributed by atoms with Gasteiger partial charge in [0.05, 0.1) is 13.2 Å². The fraction of sp³-hybridized carbons (Fsp3) is 0.294. The van der Waals surface area contributed by atoms with Gasteiger partial charge in [0.15, 0.2) is 0 Å². The largest absolute Gasteiger partial charge is 0.496 e. The van der Waals surface area contributed by atoms with E-state index in [2.05, 4.69) is 31.4 Å². The van der Waals surface area contributed by atoms with E-state index >= 15 is 0 Å². The molecule has 0 spiro atoms. The van der Waals surface area contributed by atoms with E-state index in [1.807, 2.05) is 6.07 Å². The van der Waals surface area contributed by atoms with Gasteiger partial charge < -0.3 is 4.74 Å². The number of rotatable bonds is 5. The smallest absolute Gasteiger partial charge is 0.131 e. The van der Waals surface area contributed by atoms with Gasteiger partial charge in [-0.15, -0.1) is 0 Å². The van der Waals surface area contributed by atoms with Gasteiger partial charge in [0.2, 0.25) is 0 Å². The molecule has 2 rings (SSSR count). The minimum absolute atomic E-state index is 0.318. The van der Waals surface area contributed by atoms with Crippen molar-refractivity contribution in [2.75, 3.05) is 7.11 Å². The molecule has 112 valence electrons. The van der Waals surface area contributed by atoms with Crippen LogP contribution in [0.3, 0.4) is 0 Å². The van der Waals surface area contributed by atoms with Gasteiger partial charge in [-0.25, -0.2) is 4.39 Å². The highest BCUT2D eigenvalue weighted by atomic mass is 19.1. The molecule has 21 heavy (non-hydrogen) atoms. The van der Waals surface area contributed by atoms with Crippen molar-refractivity contribution in [1.82, 2.24) is 5.43 Å².